The van der Waals surface area contributed by atoms with Crippen LogP contribution in [0.3, 0.4) is 0 Å². The average Bonchev–Trinajstić information content (AvgIpc) is 2.70. The first-order valence-corrected chi connectivity index (χ1v) is 9.90. The Morgan fingerprint density at radius 2 is 1.75 bits per heavy atom. The number of unbranched alkanes of at least 4 members (excludes halogenated alkanes) is 3. The number of hydrogen-bond acceptors (Lipinski definition) is 3. The highest BCUT2D eigenvalue weighted by molar-refractivity contribution is 6.11. The van der Waals surface area contributed by atoms with Gasteiger partial charge in [-0.25, -0.2) is 4.68 Å². The van der Waals surface area contributed by atoms with Crippen LogP contribution in [0.2, 0.25) is 0 Å². The maximum Gasteiger partial charge on any atom is 0.276 e. The maximum atomic E-state index is 13.0. The van der Waals surface area contributed by atoms with Crippen molar-refractivity contribution in [3.8, 4) is 0 Å². The molecule has 28 heavy (non-hydrogen) atoms. The topological polar surface area (TPSA) is 64.0 Å². The van der Waals surface area contributed by atoms with Crippen LogP contribution in [0.25, 0.3) is 10.8 Å². The van der Waals surface area contributed by atoms with Crippen LogP contribution in [0.5, 0.6) is 0 Å². The number of carbonyl (C=O) groups excluding carboxylic acids is 1. The Bertz CT molecular complexity index is 1050. The number of fused-ring (bicyclic) bond motifs is 1. The fourth-order valence-corrected chi connectivity index (χ4v) is 3.31. The lowest BCUT2D eigenvalue weighted by molar-refractivity contribution is 0.102. The van der Waals surface area contributed by atoms with Gasteiger partial charge in [0, 0.05) is 17.6 Å². The second kappa shape index (κ2) is 8.83. The van der Waals surface area contributed by atoms with Crippen LogP contribution in [-0.2, 0) is 6.54 Å². The predicted molar refractivity (Wildman–Crippen MR) is 114 cm³/mol. The van der Waals surface area contributed by atoms with Gasteiger partial charge in [-0.05, 0) is 43.5 Å². The number of nitrogens with one attached hydrogen (secondary N) is 1. The first kappa shape index (κ1) is 19.8. The molecule has 0 radical (unpaired) electrons. The van der Waals surface area contributed by atoms with Crippen molar-refractivity contribution in [1.29, 1.82) is 0 Å². The molecular weight excluding hydrogens is 350 g/mol. The quantitative estimate of drug-likeness (QED) is 0.599. The minimum Gasteiger partial charge on any atom is -0.320 e. The zero-order valence-electron chi connectivity index (χ0n) is 16.8. The predicted octanol–water partition coefficient (Wildman–Crippen LogP) is 4.85. The lowest BCUT2D eigenvalue weighted by atomic mass is 10.1. The van der Waals surface area contributed by atoms with Crippen LogP contribution < -0.4 is 10.9 Å². The summed E-state index contributed by atoms with van der Waals surface area (Å²) in [4.78, 5) is 25.8. The number of benzene rings is 2. The van der Waals surface area contributed by atoms with E-state index < -0.39 is 0 Å². The van der Waals surface area contributed by atoms with E-state index in [2.05, 4.69) is 17.3 Å². The molecule has 1 N–H and O–H groups in total. The Morgan fingerprint density at radius 3 is 2.50 bits per heavy atom. The normalized spacial score (nSPS) is 11.0. The summed E-state index contributed by atoms with van der Waals surface area (Å²) in [5, 5.41) is 8.51. The molecule has 0 aliphatic carbocycles. The number of nitrogens with zero attached hydrogens (tertiary/aromatic N) is 2. The molecule has 0 fully saturated rings. The lowest BCUT2D eigenvalue weighted by Crippen LogP contribution is -2.28. The molecule has 0 aliphatic rings. The Balaban J connectivity index is 1.99. The Hall–Kier alpha value is -2.95. The van der Waals surface area contributed by atoms with Gasteiger partial charge in [0.05, 0.1) is 5.39 Å². The highest BCUT2D eigenvalue weighted by Crippen LogP contribution is 2.20. The molecule has 0 aliphatic heterocycles. The van der Waals surface area contributed by atoms with E-state index in [0.29, 0.717) is 17.3 Å². The molecule has 1 heterocycles. The molecule has 5 heteroatoms. The third kappa shape index (κ3) is 4.14. The van der Waals surface area contributed by atoms with Crippen LogP contribution in [0.4, 0.5) is 5.69 Å². The van der Waals surface area contributed by atoms with Crippen molar-refractivity contribution in [2.75, 3.05) is 5.32 Å². The molecule has 0 saturated heterocycles. The number of hydrogen-bond donors (Lipinski definition) is 1. The molecule has 3 aromatic rings. The van der Waals surface area contributed by atoms with Crippen molar-refractivity contribution in [3.05, 3.63) is 69.6 Å². The van der Waals surface area contributed by atoms with Crippen LogP contribution in [0.1, 0.15) is 54.2 Å². The molecule has 1 amide bonds. The Morgan fingerprint density at radius 1 is 1.00 bits per heavy atom. The van der Waals surface area contributed by atoms with Crippen LogP contribution >= 0.6 is 0 Å². The van der Waals surface area contributed by atoms with Gasteiger partial charge in [-0.15, -0.1) is 0 Å². The highest BCUT2D eigenvalue weighted by Gasteiger charge is 2.17. The molecule has 0 spiro atoms. The van der Waals surface area contributed by atoms with Gasteiger partial charge in [0.15, 0.2) is 5.69 Å². The Kier molecular flexibility index (Phi) is 6.24. The summed E-state index contributed by atoms with van der Waals surface area (Å²) < 4.78 is 1.44. The van der Waals surface area contributed by atoms with Crippen molar-refractivity contribution >= 4 is 22.4 Å². The standard InChI is InChI=1S/C23H27N3O2/c1-4-5-6-9-15-26-23(28)19-13-8-7-12-18(19)21(25-26)22(27)24-20-14-10-11-16(2)17(20)3/h7-8,10-14H,4-6,9,15H2,1-3H3,(H,24,27). The summed E-state index contributed by atoms with van der Waals surface area (Å²) >= 11 is 0. The van der Waals surface area contributed by atoms with E-state index in [1.807, 2.05) is 44.2 Å². The van der Waals surface area contributed by atoms with Gasteiger partial charge in [-0.2, -0.15) is 5.10 Å². The smallest absolute Gasteiger partial charge is 0.276 e. The number of carbonyl (C=O) groups is 1. The number of amides is 1. The monoisotopic (exact) mass is 377 g/mol. The van der Waals surface area contributed by atoms with E-state index in [-0.39, 0.29) is 17.2 Å². The molecule has 2 aromatic carbocycles. The van der Waals surface area contributed by atoms with Gasteiger partial charge in [0.1, 0.15) is 0 Å². The molecular formula is C23H27N3O2. The zero-order valence-corrected chi connectivity index (χ0v) is 16.8. The lowest BCUT2D eigenvalue weighted by Gasteiger charge is -2.13. The maximum absolute atomic E-state index is 13.0. The summed E-state index contributed by atoms with van der Waals surface area (Å²) in [6.07, 6.45) is 4.17. The minimum atomic E-state index is -0.299. The molecule has 146 valence electrons. The van der Waals surface area contributed by atoms with Gasteiger partial charge in [-0.1, -0.05) is 56.5 Å². The summed E-state index contributed by atoms with van der Waals surface area (Å²) in [5.74, 6) is -0.299. The van der Waals surface area contributed by atoms with Crippen molar-refractivity contribution < 1.29 is 4.79 Å². The summed E-state index contributed by atoms with van der Waals surface area (Å²) in [7, 11) is 0. The van der Waals surface area contributed by atoms with Gasteiger partial charge in [0.25, 0.3) is 11.5 Å². The van der Waals surface area contributed by atoms with Crippen molar-refractivity contribution in [1.82, 2.24) is 9.78 Å². The molecule has 0 saturated carbocycles. The molecule has 0 bridgehead atoms. The van der Waals surface area contributed by atoms with E-state index in [4.69, 9.17) is 0 Å². The SMILES string of the molecule is CCCCCCn1nc(C(=O)Nc2cccc(C)c2C)c2ccccc2c1=O. The summed E-state index contributed by atoms with van der Waals surface area (Å²) in [6.45, 7) is 6.66. The zero-order chi connectivity index (χ0) is 20.1. The molecule has 5 nitrogen and oxygen atoms in total. The second-order valence-corrected chi connectivity index (χ2v) is 7.18. The molecule has 1 aromatic heterocycles. The highest BCUT2D eigenvalue weighted by atomic mass is 16.2. The van der Waals surface area contributed by atoms with Crippen molar-refractivity contribution in [2.24, 2.45) is 0 Å². The van der Waals surface area contributed by atoms with Crippen LogP contribution in [-0.4, -0.2) is 15.7 Å². The van der Waals surface area contributed by atoms with Gasteiger partial charge in [-0.3, -0.25) is 9.59 Å². The summed E-state index contributed by atoms with van der Waals surface area (Å²) in [5.41, 5.74) is 3.03. The molecule has 3 rings (SSSR count). The van der Waals surface area contributed by atoms with Crippen molar-refractivity contribution in [2.45, 2.75) is 53.0 Å². The van der Waals surface area contributed by atoms with E-state index in [1.165, 1.54) is 4.68 Å². The van der Waals surface area contributed by atoms with Crippen LogP contribution in [0.15, 0.2) is 47.3 Å². The average molecular weight is 377 g/mol. The fourth-order valence-electron chi connectivity index (χ4n) is 3.31. The van der Waals surface area contributed by atoms with E-state index in [0.717, 1.165) is 42.5 Å². The minimum absolute atomic E-state index is 0.143. The Labute approximate surface area is 165 Å². The molecule has 0 atom stereocenters. The third-order valence-electron chi connectivity index (χ3n) is 5.16. The van der Waals surface area contributed by atoms with E-state index >= 15 is 0 Å². The van der Waals surface area contributed by atoms with Gasteiger partial charge in [0.2, 0.25) is 0 Å². The number of aryl methyl sites for hydroxylation is 2. The summed E-state index contributed by atoms with van der Waals surface area (Å²) in [6, 6.07) is 13.0. The molecule has 0 unspecified atom stereocenters. The third-order valence-corrected chi connectivity index (χ3v) is 5.16. The number of aromatic nitrogens is 2. The first-order valence-electron chi connectivity index (χ1n) is 9.90. The van der Waals surface area contributed by atoms with Crippen LogP contribution in [0, 0.1) is 13.8 Å². The van der Waals surface area contributed by atoms with E-state index in [1.54, 1.807) is 12.1 Å². The first-order chi connectivity index (χ1) is 13.5. The largest absolute Gasteiger partial charge is 0.320 e. The number of rotatable bonds is 7. The number of anilines is 1. The fraction of sp³-hybridized carbons (Fsp3) is 0.348. The second-order valence-electron chi connectivity index (χ2n) is 7.18. The van der Waals surface area contributed by atoms with Gasteiger partial charge < -0.3 is 5.32 Å². The van der Waals surface area contributed by atoms with Crippen molar-refractivity contribution in [3.63, 3.8) is 0 Å². The van der Waals surface area contributed by atoms with Gasteiger partial charge >= 0.3 is 0 Å². The van der Waals surface area contributed by atoms with E-state index in [9.17, 15) is 9.59 Å².